The third-order valence-electron chi connectivity index (χ3n) is 7.21. The molecule has 9 heteroatoms. The fourth-order valence-corrected chi connectivity index (χ4v) is 6.16. The van der Waals surface area contributed by atoms with Gasteiger partial charge in [0.05, 0.1) is 18.2 Å². The van der Waals surface area contributed by atoms with E-state index in [0.29, 0.717) is 31.0 Å². The summed E-state index contributed by atoms with van der Waals surface area (Å²) < 4.78 is 5.87. The molecule has 0 unspecified atom stereocenters. The van der Waals surface area contributed by atoms with E-state index in [2.05, 4.69) is 21.7 Å². The number of aliphatic hydroxyl groups is 1. The average Bonchev–Trinajstić information content (AvgIpc) is 3.26. The monoisotopic (exact) mass is 498 g/mol. The maximum Gasteiger partial charge on any atom is 0.257 e. The Morgan fingerprint density at radius 2 is 2.03 bits per heavy atom. The second-order valence-electron chi connectivity index (χ2n) is 9.74. The zero-order chi connectivity index (χ0) is 24.4. The molecule has 2 amide bonds. The van der Waals surface area contributed by atoms with Gasteiger partial charge in [-0.05, 0) is 54.5 Å². The summed E-state index contributed by atoms with van der Waals surface area (Å²) in [5, 5.41) is 16.5. The van der Waals surface area contributed by atoms with Crippen LogP contribution in [0.15, 0.2) is 29.6 Å². The number of hydrogen-bond donors (Lipinski definition) is 2. The van der Waals surface area contributed by atoms with E-state index in [9.17, 15) is 14.7 Å². The average molecular weight is 499 g/mol. The number of anilines is 1. The van der Waals surface area contributed by atoms with Gasteiger partial charge in [-0.25, -0.2) is 0 Å². The summed E-state index contributed by atoms with van der Waals surface area (Å²) in [5.74, 6) is 0.602. The molecule has 1 aromatic carbocycles. The highest BCUT2D eigenvalue weighted by atomic mass is 32.1. The van der Waals surface area contributed by atoms with Gasteiger partial charge in [0.2, 0.25) is 5.91 Å². The number of β-amino-alcohol motifs (C(OH)–C–C–N with tert-alkyl or cyclic N) is 1. The van der Waals surface area contributed by atoms with E-state index in [0.717, 1.165) is 51.1 Å². The number of carbonyl (C=O) groups is 2. The highest BCUT2D eigenvalue weighted by Gasteiger charge is 2.28. The number of likely N-dealkylation sites (tertiary alicyclic amines) is 1. The first kappa shape index (κ1) is 24.1. The van der Waals surface area contributed by atoms with E-state index in [1.54, 1.807) is 11.8 Å². The van der Waals surface area contributed by atoms with Gasteiger partial charge in [0.15, 0.2) is 0 Å². The molecule has 0 bridgehead atoms. The number of fused-ring (bicyclic) bond motifs is 2. The van der Waals surface area contributed by atoms with Crippen molar-refractivity contribution in [3.63, 3.8) is 0 Å². The fraction of sp³-hybridized carbons (Fsp3) is 0.538. The van der Waals surface area contributed by atoms with Crippen LogP contribution in [0, 0.1) is 0 Å². The van der Waals surface area contributed by atoms with Crippen molar-refractivity contribution in [1.82, 2.24) is 14.7 Å². The summed E-state index contributed by atoms with van der Waals surface area (Å²) in [5.41, 5.74) is 2.76. The van der Waals surface area contributed by atoms with E-state index >= 15 is 0 Å². The van der Waals surface area contributed by atoms with Gasteiger partial charge >= 0.3 is 0 Å². The first-order chi connectivity index (χ1) is 17.0. The van der Waals surface area contributed by atoms with E-state index < -0.39 is 6.10 Å². The number of aliphatic hydroxyl groups excluding tert-OH is 1. The SMILES string of the molecule is CC(=O)N1CCC(Nc2ccc3c(c2)C(=O)N(C[C@H](O)CN2CCc4sccc4C2)CCO3)CC1. The Balaban J connectivity index is 1.19. The first-order valence-electron chi connectivity index (χ1n) is 12.5. The number of piperidine rings is 1. The number of benzene rings is 1. The Morgan fingerprint density at radius 3 is 2.83 bits per heavy atom. The number of nitrogens with one attached hydrogen (secondary N) is 1. The van der Waals surface area contributed by atoms with Gasteiger partial charge in [-0.15, -0.1) is 11.3 Å². The predicted octanol–water partition coefficient (Wildman–Crippen LogP) is 2.42. The second kappa shape index (κ2) is 10.6. The van der Waals surface area contributed by atoms with E-state index in [4.69, 9.17) is 4.74 Å². The lowest BCUT2D eigenvalue weighted by molar-refractivity contribution is -0.129. The molecule has 0 saturated carbocycles. The predicted molar refractivity (Wildman–Crippen MR) is 136 cm³/mol. The molecule has 0 aliphatic carbocycles. The van der Waals surface area contributed by atoms with Gasteiger partial charge in [0.25, 0.3) is 5.91 Å². The second-order valence-corrected chi connectivity index (χ2v) is 10.7. The van der Waals surface area contributed by atoms with Crippen LogP contribution < -0.4 is 10.1 Å². The van der Waals surface area contributed by atoms with Crippen LogP contribution in [0.2, 0.25) is 0 Å². The molecule has 1 fully saturated rings. The third kappa shape index (κ3) is 5.63. The highest BCUT2D eigenvalue weighted by Crippen LogP contribution is 2.28. The molecule has 4 heterocycles. The first-order valence-corrected chi connectivity index (χ1v) is 13.4. The summed E-state index contributed by atoms with van der Waals surface area (Å²) in [6, 6.07) is 8.10. The molecule has 3 aliphatic heterocycles. The number of thiophene rings is 1. The smallest absolute Gasteiger partial charge is 0.257 e. The van der Waals surface area contributed by atoms with Crippen LogP contribution in [-0.2, 0) is 17.8 Å². The minimum absolute atomic E-state index is 0.106. The number of rotatable bonds is 6. The lowest BCUT2D eigenvalue weighted by Gasteiger charge is -2.32. The van der Waals surface area contributed by atoms with Crippen molar-refractivity contribution in [2.75, 3.05) is 51.2 Å². The van der Waals surface area contributed by atoms with E-state index in [-0.39, 0.29) is 24.4 Å². The van der Waals surface area contributed by atoms with Gasteiger partial charge in [-0.1, -0.05) is 0 Å². The Labute approximate surface area is 210 Å². The summed E-state index contributed by atoms with van der Waals surface area (Å²) in [6.07, 6.45) is 2.16. The molecular weight excluding hydrogens is 464 g/mol. The van der Waals surface area contributed by atoms with Crippen LogP contribution in [0.3, 0.4) is 0 Å². The quantitative estimate of drug-likeness (QED) is 0.637. The Bertz CT molecular complexity index is 1070. The van der Waals surface area contributed by atoms with Gasteiger partial charge in [0.1, 0.15) is 12.4 Å². The normalized spacial score (nSPS) is 20.0. The molecule has 3 aliphatic rings. The van der Waals surface area contributed by atoms with Crippen molar-refractivity contribution in [2.24, 2.45) is 0 Å². The minimum atomic E-state index is -0.617. The van der Waals surface area contributed by atoms with Crippen LogP contribution >= 0.6 is 11.3 Å². The van der Waals surface area contributed by atoms with Crippen LogP contribution in [-0.4, -0.2) is 89.6 Å². The lowest BCUT2D eigenvalue weighted by atomic mass is 10.0. The maximum absolute atomic E-state index is 13.4. The summed E-state index contributed by atoms with van der Waals surface area (Å²) in [4.78, 5) is 32.3. The van der Waals surface area contributed by atoms with Crippen molar-refractivity contribution in [3.8, 4) is 5.75 Å². The Hall–Kier alpha value is -2.62. The minimum Gasteiger partial charge on any atom is -0.491 e. The molecule has 5 rings (SSSR count). The maximum atomic E-state index is 13.4. The number of amides is 2. The number of nitrogens with zero attached hydrogens (tertiary/aromatic N) is 3. The van der Waals surface area contributed by atoms with Crippen molar-refractivity contribution in [2.45, 2.75) is 44.9 Å². The molecule has 1 aromatic heterocycles. The lowest BCUT2D eigenvalue weighted by Crippen LogP contribution is -2.44. The summed E-state index contributed by atoms with van der Waals surface area (Å²) >= 11 is 1.81. The topological polar surface area (TPSA) is 85.4 Å². The number of carbonyl (C=O) groups excluding carboxylic acids is 2. The molecule has 8 nitrogen and oxygen atoms in total. The van der Waals surface area contributed by atoms with Gasteiger partial charge in [-0.3, -0.25) is 14.5 Å². The molecule has 35 heavy (non-hydrogen) atoms. The molecule has 1 atom stereocenters. The van der Waals surface area contributed by atoms with E-state index in [1.807, 2.05) is 34.4 Å². The van der Waals surface area contributed by atoms with Crippen LogP contribution in [0.5, 0.6) is 5.75 Å². The Kier molecular flexibility index (Phi) is 7.27. The zero-order valence-electron chi connectivity index (χ0n) is 20.2. The summed E-state index contributed by atoms with van der Waals surface area (Å²) in [7, 11) is 0. The van der Waals surface area contributed by atoms with Crippen molar-refractivity contribution in [3.05, 3.63) is 45.6 Å². The van der Waals surface area contributed by atoms with Crippen LogP contribution in [0.25, 0.3) is 0 Å². The standard InChI is InChI=1S/C26H34N4O4S/c1-18(31)29-9-4-20(5-10-29)27-21-2-3-24-23(14-21)26(33)30(11-12-34-24)17-22(32)16-28-8-6-25-19(15-28)7-13-35-25/h2-3,7,13-14,20,22,27,32H,4-6,8-12,15-17H2,1H3/t22-/m1/s1. The largest absolute Gasteiger partial charge is 0.491 e. The summed E-state index contributed by atoms with van der Waals surface area (Å²) in [6.45, 7) is 6.59. The van der Waals surface area contributed by atoms with Crippen LogP contribution in [0.1, 0.15) is 40.6 Å². The molecule has 0 radical (unpaired) electrons. The van der Waals surface area contributed by atoms with Gasteiger partial charge in [-0.2, -0.15) is 0 Å². The third-order valence-corrected chi connectivity index (χ3v) is 8.24. The molecule has 1 saturated heterocycles. The highest BCUT2D eigenvalue weighted by molar-refractivity contribution is 7.10. The molecule has 2 N–H and O–H groups in total. The van der Waals surface area contributed by atoms with Crippen LogP contribution in [0.4, 0.5) is 5.69 Å². The van der Waals surface area contributed by atoms with E-state index in [1.165, 1.54) is 10.4 Å². The fourth-order valence-electron chi connectivity index (χ4n) is 5.27. The van der Waals surface area contributed by atoms with Crippen molar-refractivity contribution < 1.29 is 19.4 Å². The van der Waals surface area contributed by atoms with Crippen molar-refractivity contribution in [1.29, 1.82) is 0 Å². The number of ether oxygens (including phenoxy) is 1. The molecule has 0 spiro atoms. The number of hydrogen-bond acceptors (Lipinski definition) is 7. The Morgan fingerprint density at radius 1 is 1.20 bits per heavy atom. The zero-order valence-corrected chi connectivity index (χ0v) is 21.1. The molecular formula is C26H34N4O4S. The molecule has 188 valence electrons. The van der Waals surface area contributed by atoms with Gasteiger partial charge in [0, 0.05) is 62.8 Å². The molecule has 2 aromatic rings. The van der Waals surface area contributed by atoms with Crippen molar-refractivity contribution >= 4 is 28.8 Å². The van der Waals surface area contributed by atoms with Gasteiger partial charge < -0.3 is 25.0 Å².